The van der Waals surface area contributed by atoms with Crippen molar-refractivity contribution >= 4 is 45.4 Å². The number of nitrogens with zero attached hydrogens (tertiary/aromatic N) is 5. The van der Waals surface area contributed by atoms with Gasteiger partial charge >= 0.3 is 11.8 Å². The minimum atomic E-state index is -0.927. The van der Waals surface area contributed by atoms with Gasteiger partial charge < -0.3 is 14.8 Å². The molecule has 0 radical (unpaired) electrons. The third-order valence-corrected chi connectivity index (χ3v) is 10.3. The average Bonchev–Trinajstić information content (AvgIpc) is 3.77. The Balaban J connectivity index is 1.35. The van der Waals surface area contributed by atoms with Crippen molar-refractivity contribution in [1.29, 1.82) is 0 Å². The van der Waals surface area contributed by atoms with Crippen molar-refractivity contribution in [3.8, 4) is 22.9 Å². The molecule has 6 heterocycles. The van der Waals surface area contributed by atoms with Gasteiger partial charge in [-0.1, -0.05) is 11.6 Å². The molecule has 3 fully saturated rings. The molecule has 4 atom stereocenters. The van der Waals surface area contributed by atoms with Crippen molar-refractivity contribution in [2.75, 3.05) is 33.4 Å². The number of H-pyrrole nitrogens is 1. The fourth-order valence-electron chi connectivity index (χ4n) is 7.80. The van der Waals surface area contributed by atoms with E-state index >= 15 is 8.78 Å². The molecule has 8 rings (SSSR count). The van der Waals surface area contributed by atoms with Crippen LogP contribution >= 0.6 is 11.6 Å². The number of benzene rings is 2. The van der Waals surface area contributed by atoms with Crippen LogP contribution in [0.1, 0.15) is 37.7 Å². The molecule has 3 saturated heterocycles. The summed E-state index contributed by atoms with van der Waals surface area (Å²) in [5, 5.41) is 11.2. The molecule has 2 aromatic heterocycles. The molecule has 44 heavy (non-hydrogen) atoms. The fraction of sp³-hybridized carbons (Fsp3) is 0.484. The molecule has 2 aromatic carbocycles. The van der Waals surface area contributed by atoms with E-state index < -0.39 is 23.3 Å². The highest BCUT2D eigenvalue weighted by Crippen LogP contribution is 2.47. The Labute approximate surface area is 256 Å². The van der Waals surface area contributed by atoms with Crippen molar-refractivity contribution in [2.45, 2.75) is 62.8 Å². The van der Waals surface area contributed by atoms with Gasteiger partial charge in [-0.2, -0.15) is 10.1 Å². The molecular weight excluding hydrogens is 595 g/mol. The number of halogens is 4. The number of fused-ring (bicyclic) bond motifs is 5. The molecule has 0 saturated carbocycles. The second kappa shape index (κ2) is 10.3. The summed E-state index contributed by atoms with van der Waals surface area (Å²) in [5.41, 5.74) is 0.386. The first kappa shape index (κ1) is 28.0. The topological polar surface area (TPSA) is 91.2 Å². The molecular formula is C31H32ClF3N7O2+. The monoisotopic (exact) mass is 626 g/mol. The fourth-order valence-corrected chi connectivity index (χ4v) is 8.05. The SMILES string of the molecule is COc1c(F)c(-c2c(Cl)c(C)cc3[nH]ncc23)c(F)c2nc(OC[C@@]34CCCN3C[C@H](F)C4)nc([N+]3=CC4CCC(C3)N4)c12. The number of nitrogens with one attached hydrogen (secondary N) is 2. The summed E-state index contributed by atoms with van der Waals surface area (Å²) in [7, 11) is 1.34. The summed E-state index contributed by atoms with van der Waals surface area (Å²) in [6, 6.07) is 2.03. The van der Waals surface area contributed by atoms with Gasteiger partial charge in [0.15, 0.2) is 17.4 Å². The second-order valence-electron chi connectivity index (χ2n) is 12.5. The van der Waals surface area contributed by atoms with Gasteiger partial charge in [-0.05, 0) is 50.8 Å². The van der Waals surface area contributed by atoms with Gasteiger partial charge in [0.25, 0.3) is 0 Å². The van der Waals surface area contributed by atoms with Crippen molar-refractivity contribution in [3.63, 3.8) is 0 Å². The molecule has 2 bridgehead atoms. The number of ether oxygens (including phenoxy) is 2. The van der Waals surface area contributed by atoms with Gasteiger partial charge in [0.2, 0.25) is 0 Å². The first-order chi connectivity index (χ1) is 21.3. The molecule has 2 N–H and O–H groups in total. The van der Waals surface area contributed by atoms with E-state index in [9.17, 15) is 4.39 Å². The van der Waals surface area contributed by atoms with Gasteiger partial charge in [-0.3, -0.25) is 10.00 Å². The minimum Gasteiger partial charge on any atom is -0.493 e. The first-order valence-corrected chi connectivity index (χ1v) is 15.4. The number of aryl methyl sites for hydroxylation is 1. The Hall–Kier alpha value is -3.48. The van der Waals surface area contributed by atoms with Crippen LogP contribution in [0, 0.1) is 18.6 Å². The zero-order chi connectivity index (χ0) is 30.3. The van der Waals surface area contributed by atoms with Crippen molar-refractivity contribution in [3.05, 3.63) is 34.5 Å². The lowest BCUT2D eigenvalue weighted by atomic mass is 9.95. The lowest BCUT2D eigenvalue weighted by Crippen LogP contribution is -2.44. The van der Waals surface area contributed by atoms with Crippen LogP contribution in [0.3, 0.4) is 0 Å². The molecule has 4 aliphatic rings. The summed E-state index contributed by atoms with van der Waals surface area (Å²) >= 11 is 6.73. The molecule has 0 amide bonds. The summed E-state index contributed by atoms with van der Waals surface area (Å²) in [4.78, 5) is 11.4. The van der Waals surface area contributed by atoms with Gasteiger partial charge in [-0.15, -0.1) is 0 Å². The summed E-state index contributed by atoms with van der Waals surface area (Å²) in [6.07, 6.45) is 6.60. The van der Waals surface area contributed by atoms with Crippen LogP contribution in [0.15, 0.2) is 12.3 Å². The predicted octanol–water partition coefficient (Wildman–Crippen LogP) is 5.23. The van der Waals surface area contributed by atoms with Crippen LogP contribution in [0.2, 0.25) is 5.02 Å². The minimum absolute atomic E-state index is 0.0578. The molecule has 230 valence electrons. The van der Waals surface area contributed by atoms with Crippen molar-refractivity contribution in [1.82, 2.24) is 30.4 Å². The third-order valence-electron chi connectivity index (χ3n) is 9.82. The number of aromatic nitrogens is 4. The van der Waals surface area contributed by atoms with Gasteiger partial charge in [0.1, 0.15) is 30.2 Å². The van der Waals surface area contributed by atoms with E-state index in [4.69, 9.17) is 26.1 Å². The molecule has 9 nitrogen and oxygen atoms in total. The lowest BCUT2D eigenvalue weighted by Gasteiger charge is -2.30. The first-order valence-electron chi connectivity index (χ1n) is 15.0. The largest absolute Gasteiger partial charge is 0.493 e. The van der Waals surface area contributed by atoms with E-state index in [1.54, 1.807) is 13.0 Å². The number of hydrogen-bond donors (Lipinski definition) is 2. The van der Waals surface area contributed by atoms with Gasteiger partial charge in [0.05, 0.1) is 47.2 Å². The Bertz CT molecular complexity index is 1870. The molecule has 13 heteroatoms. The zero-order valence-corrected chi connectivity index (χ0v) is 25.1. The number of hydrogen-bond acceptors (Lipinski definition) is 7. The van der Waals surface area contributed by atoms with Gasteiger partial charge in [-0.25, -0.2) is 17.7 Å². The Kier molecular flexibility index (Phi) is 6.55. The number of alkyl halides is 1. The Morgan fingerprint density at radius 3 is 2.89 bits per heavy atom. The smallest absolute Gasteiger partial charge is 0.434 e. The Morgan fingerprint density at radius 2 is 2.07 bits per heavy atom. The van der Waals surface area contributed by atoms with Crippen molar-refractivity contribution in [2.24, 2.45) is 0 Å². The quantitative estimate of drug-likeness (QED) is 0.284. The normalized spacial score (nSPS) is 26.5. The Morgan fingerprint density at radius 1 is 1.20 bits per heavy atom. The molecule has 2 unspecified atom stereocenters. The van der Waals surface area contributed by atoms with Gasteiger partial charge in [0, 0.05) is 34.9 Å². The summed E-state index contributed by atoms with van der Waals surface area (Å²) in [6.45, 7) is 3.66. The van der Waals surface area contributed by atoms with E-state index in [-0.39, 0.29) is 57.5 Å². The standard InChI is InChI=1S/C31H32ClF3N7O2/c1-15-8-20-19(10-36-40-20)21(24(15)32)22-25(34)27-23(28(43-2)26(22)35)29(41-12-17-4-5-18(13-41)37-17)39-30(38-27)44-14-31-6-3-7-42(31)11-16(33)9-31/h8,10,12,16-18,37H,3-7,9,11,13-14H2,1-2H3,(H,36,40)/q+1/t16-,17?,18?,31+/m1/s1. The summed E-state index contributed by atoms with van der Waals surface area (Å²) < 4.78 is 61.8. The van der Waals surface area contributed by atoms with E-state index in [2.05, 4.69) is 25.4 Å². The average molecular weight is 627 g/mol. The highest BCUT2D eigenvalue weighted by atomic mass is 35.5. The number of aromatic amines is 1. The highest BCUT2D eigenvalue weighted by molar-refractivity contribution is 6.36. The number of rotatable bonds is 6. The van der Waals surface area contributed by atoms with E-state index in [0.717, 1.165) is 32.2 Å². The molecule has 0 aliphatic carbocycles. The van der Waals surface area contributed by atoms with E-state index in [1.165, 1.54) is 13.3 Å². The third kappa shape index (κ3) is 4.21. The predicted molar refractivity (Wildman–Crippen MR) is 160 cm³/mol. The summed E-state index contributed by atoms with van der Waals surface area (Å²) in [5.74, 6) is -1.72. The van der Waals surface area contributed by atoms with Crippen LogP contribution in [-0.4, -0.2) is 93.0 Å². The van der Waals surface area contributed by atoms with Crippen LogP contribution in [0.25, 0.3) is 32.9 Å². The van der Waals surface area contributed by atoms with E-state index in [0.29, 0.717) is 41.8 Å². The lowest BCUT2D eigenvalue weighted by molar-refractivity contribution is -0.447. The maximum atomic E-state index is 16.9. The second-order valence-corrected chi connectivity index (χ2v) is 12.9. The number of methoxy groups -OCH3 is 1. The van der Waals surface area contributed by atoms with Crippen LogP contribution in [0.4, 0.5) is 19.0 Å². The molecule has 4 aromatic rings. The van der Waals surface area contributed by atoms with Crippen molar-refractivity contribution < 1.29 is 27.2 Å². The molecule has 0 spiro atoms. The highest BCUT2D eigenvalue weighted by Gasteiger charge is 2.50. The maximum absolute atomic E-state index is 16.9. The maximum Gasteiger partial charge on any atom is 0.434 e. The van der Waals surface area contributed by atoms with Crippen LogP contribution in [-0.2, 0) is 0 Å². The van der Waals surface area contributed by atoms with E-state index in [1.807, 2.05) is 10.8 Å². The van der Waals surface area contributed by atoms with Crippen LogP contribution < -0.4 is 14.8 Å². The zero-order valence-electron chi connectivity index (χ0n) is 24.4. The molecule has 4 aliphatic heterocycles. The van der Waals surface area contributed by atoms with Crippen LogP contribution in [0.5, 0.6) is 11.8 Å².